The van der Waals surface area contributed by atoms with Crippen molar-refractivity contribution in [3.63, 3.8) is 0 Å². The second-order valence-corrected chi connectivity index (χ2v) is 6.26. The summed E-state index contributed by atoms with van der Waals surface area (Å²) in [4.78, 5) is 12.2. The van der Waals surface area contributed by atoms with Gasteiger partial charge in [0.15, 0.2) is 0 Å². The summed E-state index contributed by atoms with van der Waals surface area (Å²) < 4.78 is 2.34. The van der Waals surface area contributed by atoms with Crippen LogP contribution in [0.4, 0.5) is 0 Å². The van der Waals surface area contributed by atoms with Crippen LogP contribution in [0.2, 0.25) is 0 Å². The van der Waals surface area contributed by atoms with E-state index in [0.717, 1.165) is 15.5 Å². The van der Waals surface area contributed by atoms with Crippen LogP contribution in [-0.2, 0) is 11.3 Å². The molecule has 1 aromatic heterocycles. The topological polar surface area (TPSA) is 92.4 Å². The Morgan fingerprint density at radius 2 is 2.12 bits per heavy atom. The van der Waals surface area contributed by atoms with Crippen LogP contribution < -0.4 is 5.43 Å². The lowest BCUT2D eigenvalue weighted by Gasteiger charge is -2.08. The molecule has 3 rings (SSSR count). The number of para-hydroxylation sites is 1. The van der Waals surface area contributed by atoms with Crippen LogP contribution in [0.5, 0.6) is 5.75 Å². The minimum Gasteiger partial charge on any atom is -0.507 e. The number of halogens is 1. The number of phenolic OH excluding ortho intramolecular Hbond substituents is 1. The molecule has 2 N–H and O–H groups in total. The number of benzene rings is 2. The van der Waals surface area contributed by atoms with Gasteiger partial charge in [-0.25, -0.2) is 10.1 Å². The first kappa shape index (κ1) is 17.1. The van der Waals surface area contributed by atoms with Gasteiger partial charge in [0.2, 0.25) is 0 Å². The summed E-state index contributed by atoms with van der Waals surface area (Å²) in [7, 11) is 0. The lowest BCUT2D eigenvalue weighted by molar-refractivity contribution is -0.121. The van der Waals surface area contributed by atoms with Crippen molar-refractivity contribution in [2.24, 2.45) is 5.10 Å². The molecule has 1 heterocycles. The third-order valence-corrected chi connectivity index (χ3v) is 4.13. The lowest BCUT2D eigenvalue weighted by Crippen LogP contribution is -2.25. The molecule has 0 unspecified atom stereocenters. The summed E-state index contributed by atoms with van der Waals surface area (Å²) in [6.45, 7) is 1.90. The molecule has 25 heavy (non-hydrogen) atoms. The van der Waals surface area contributed by atoms with E-state index in [-0.39, 0.29) is 18.2 Å². The van der Waals surface area contributed by atoms with Crippen LogP contribution in [0.1, 0.15) is 18.9 Å². The summed E-state index contributed by atoms with van der Waals surface area (Å²) in [5, 5.41) is 22.1. The number of amides is 1. The first-order valence-corrected chi connectivity index (χ1v) is 8.50. The van der Waals surface area contributed by atoms with Gasteiger partial charge in [0.05, 0.1) is 11.2 Å². The predicted octanol–water partition coefficient (Wildman–Crippen LogP) is 2.83. The predicted molar refractivity (Wildman–Crippen MR) is 98.3 cm³/mol. The van der Waals surface area contributed by atoms with E-state index in [4.69, 9.17) is 0 Å². The van der Waals surface area contributed by atoms with Crippen LogP contribution in [0.25, 0.3) is 11.0 Å². The Labute approximate surface area is 152 Å². The normalized spacial score (nSPS) is 11.7. The maximum atomic E-state index is 12.2. The SMILES string of the molecule is CC/C(=N\NC(=O)Cn1nnc2ccccc21)c1cc(Br)ccc1O. The third kappa shape index (κ3) is 3.85. The van der Waals surface area contributed by atoms with E-state index < -0.39 is 0 Å². The van der Waals surface area contributed by atoms with E-state index >= 15 is 0 Å². The first-order chi connectivity index (χ1) is 12.1. The molecule has 1 amide bonds. The quantitative estimate of drug-likeness (QED) is 0.507. The highest BCUT2D eigenvalue weighted by molar-refractivity contribution is 9.10. The molecule has 0 atom stereocenters. The van der Waals surface area contributed by atoms with E-state index in [1.807, 2.05) is 31.2 Å². The minimum atomic E-state index is -0.323. The van der Waals surface area contributed by atoms with Gasteiger partial charge in [-0.05, 0) is 36.8 Å². The van der Waals surface area contributed by atoms with Gasteiger partial charge in [-0.1, -0.05) is 40.2 Å². The molecule has 0 aliphatic rings. The van der Waals surface area contributed by atoms with Gasteiger partial charge in [0.1, 0.15) is 17.8 Å². The molecule has 0 bridgehead atoms. The summed E-state index contributed by atoms with van der Waals surface area (Å²) in [6.07, 6.45) is 0.552. The molecular formula is C17H16BrN5O2. The average molecular weight is 402 g/mol. The molecule has 0 saturated carbocycles. The van der Waals surface area contributed by atoms with Gasteiger partial charge < -0.3 is 5.11 Å². The van der Waals surface area contributed by atoms with Crippen LogP contribution in [0.15, 0.2) is 52.0 Å². The zero-order valence-electron chi connectivity index (χ0n) is 13.5. The fourth-order valence-electron chi connectivity index (χ4n) is 2.40. The molecule has 0 spiro atoms. The number of nitrogens with one attached hydrogen (secondary N) is 1. The van der Waals surface area contributed by atoms with E-state index in [1.165, 1.54) is 4.68 Å². The van der Waals surface area contributed by atoms with Crippen molar-refractivity contribution in [2.45, 2.75) is 19.9 Å². The fraction of sp³-hybridized carbons (Fsp3) is 0.176. The van der Waals surface area contributed by atoms with Gasteiger partial charge in [-0.2, -0.15) is 5.10 Å². The van der Waals surface area contributed by atoms with Crippen LogP contribution >= 0.6 is 15.9 Å². The van der Waals surface area contributed by atoms with Gasteiger partial charge in [0, 0.05) is 10.0 Å². The molecule has 2 aromatic carbocycles. The maximum absolute atomic E-state index is 12.2. The third-order valence-electron chi connectivity index (χ3n) is 3.63. The molecule has 0 aliphatic carbocycles. The van der Waals surface area contributed by atoms with Crippen molar-refractivity contribution in [1.82, 2.24) is 20.4 Å². The Balaban J connectivity index is 1.75. The monoisotopic (exact) mass is 401 g/mol. The van der Waals surface area contributed by atoms with Gasteiger partial charge in [0.25, 0.3) is 5.91 Å². The molecule has 3 aromatic rings. The zero-order valence-corrected chi connectivity index (χ0v) is 15.1. The summed E-state index contributed by atoms with van der Waals surface area (Å²) in [5.74, 6) is -0.212. The van der Waals surface area contributed by atoms with Crippen molar-refractivity contribution < 1.29 is 9.90 Å². The van der Waals surface area contributed by atoms with Crippen molar-refractivity contribution in [3.8, 4) is 5.75 Å². The van der Waals surface area contributed by atoms with Crippen LogP contribution in [0.3, 0.4) is 0 Å². The highest BCUT2D eigenvalue weighted by Gasteiger charge is 2.11. The fourth-order valence-corrected chi connectivity index (χ4v) is 2.77. The molecular weight excluding hydrogens is 386 g/mol. The number of aromatic nitrogens is 3. The van der Waals surface area contributed by atoms with Gasteiger partial charge in [-0.3, -0.25) is 4.79 Å². The zero-order chi connectivity index (χ0) is 17.8. The molecule has 0 radical (unpaired) electrons. The summed E-state index contributed by atoms with van der Waals surface area (Å²) in [6, 6.07) is 12.5. The van der Waals surface area contributed by atoms with Gasteiger partial charge >= 0.3 is 0 Å². The van der Waals surface area contributed by atoms with Crippen molar-refractivity contribution in [3.05, 3.63) is 52.5 Å². The Hall–Kier alpha value is -2.74. The summed E-state index contributed by atoms with van der Waals surface area (Å²) in [5.41, 5.74) is 5.18. The van der Waals surface area contributed by atoms with Crippen molar-refractivity contribution in [2.75, 3.05) is 0 Å². The molecule has 128 valence electrons. The number of hydrazone groups is 1. The van der Waals surface area contributed by atoms with E-state index in [1.54, 1.807) is 18.2 Å². The highest BCUT2D eigenvalue weighted by atomic mass is 79.9. The second-order valence-electron chi connectivity index (χ2n) is 5.34. The molecule has 7 nitrogen and oxygen atoms in total. The largest absolute Gasteiger partial charge is 0.507 e. The molecule has 0 saturated heterocycles. The minimum absolute atomic E-state index is 0.00543. The van der Waals surface area contributed by atoms with Gasteiger partial charge in [-0.15, -0.1) is 5.10 Å². The number of nitrogens with zero attached hydrogens (tertiary/aromatic N) is 4. The number of carbonyl (C=O) groups excluding carboxylic acids is 1. The highest BCUT2D eigenvalue weighted by Crippen LogP contribution is 2.23. The standard InChI is InChI=1S/C17H16BrN5O2/c1-2-13(12-9-11(18)7-8-16(12)24)19-21-17(25)10-23-15-6-4-3-5-14(15)20-22-23/h3-9,24H,2,10H2,1H3,(H,21,25)/b19-13+. The van der Waals surface area contributed by atoms with E-state index in [9.17, 15) is 9.90 Å². The number of hydrogen-bond donors (Lipinski definition) is 2. The Kier molecular flexibility index (Phi) is 5.08. The van der Waals surface area contributed by atoms with E-state index in [0.29, 0.717) is 17.7 Å². The Morgan fingerprint density at radius 3 is 2.92 bits per heavy atom. The van der Waals surface area contributed by atoms with Crippen LogP contribution in [-0.4, -0.2) is 31.7 Å². The molecule has 8 heteroatoms. The second kappa shape index (κ2) is 7.43. The Morgan fingerprint density at radius 1 is 1.32 bits per heavy atom. The number of carbonyl (C=O) groups is 1. The number of fused-ring (bicyclic) bond motifs is 1. The number of phenols is 1. The smallest absolute Gasteiger partial charge is 0.261 e. The summed E-state index contributed by atoms with van der Waals surface area (Å²) >= 11 is 3.36. The maximum Gasteiger partial charge on any atom is 0.261 e. The number of aromatic hydroxyl groups is 1. The van der Waals surface area contributed by atoms with Crippen LogP contribution in [0, 0.1) is 0 Å². The molecule has 0 aliphatic heterocycles. The number of rotatable bonds is 5. The number of hydrogen-bond acceptors (Lipinski definition) is 5. The average Bonchev–Trinajstić information content (AvgIpc) is 3.01. The van der Waals surface area contributed by atoms with Crippen molar-refractivity contribution >= 4 is 38.6 Å². The van der Waals surface area contributed by atoms with E-state index in [2.05, 4.69) is 36.8 Å². The Bertz CT molecular complexity index is 951. The van der Waals surface area contributed by atoms with Crippen molar-refractivity contribution in [1.29, 1.82) is 0 Å². The lowest BCUT2D eigenvalue weighted by atomic mass is 10.1. The molecule has 0 fully saturated rings. The first-order valence-electron chi connectivity index (χ1n) is 7.71.